The predicted octanol–water partition coefficient (Wildman–Crippen LogP) is 2.91. The van der Waals surface area contributed by atoms with Crippen LogP contribution in [0.4, 0.5) is 5.69 Å². The maximum atomic E-state index is 11.3. The van der Waals surface area contributed by atoms with Crippen molar-refractivity contribution in [1.29, 1.82) is 0 Å². The molecule has 1 aromatic carbocycles. The van der Waals surface area contributed by atoms with E-state index in [1.807, 2.05) is 18.2 Å². The number of hydrogen-bond acceptors (Lipinski definition) is 3. The molecule has 1 amide bonds. The molecule has 0 radical (unpaired) electrons. The second-order valence-electron chi connectivity index (χ2n) is 5.48. The van der Waals surface area contributed by atoms with E-state index in [4.69, 9.17) is 4.74 Å². The number of hydrogen-bond donors (Lipinski definition) is 2. The van der Waals surface area contributed by atoms with Crippen LogP contribution < -0.4 is 10.1 Å². The Labute approximate surface area is 113 Å². The smallest absolute Gasteiger partial charge is 0.224 e. The maximum Gasteiger partial charge on any atom is 0.224 e. The summed E-state index contributed by atoms with van der Waals surface area (Å²) in [6.45, 7) is 4.89. The topological polar surface area (TPSA) is 38.3 Å². The largest absolute Gasteiger partial charge is 0.493 e. The lowest BCUT2D eigenvalue weighted by atomic mass is 9.98. The molecule has 1 N–H and O–H groups in total. The highest BCUT2D eigenvalue weighted by atomic mass is 32.1. The number of thiol groups is 1. The molecule has 0 atom stereocenters. The Hall–Kier alpha value is -1.16. The molecule has 0 aliphatic carbocycles. The van der Waals surface area contributed by atoms with Crippen molar-refractivity contribution >= 4 is 24.2 Å². The highest BCUT2D eigenvalue weighted by molar-refractivity contribution is 7.80. The Kier molecular flexibility index (Phi) is 3.85. The number of ether oxygens (including phenoxy) is 1. The number of carbonyl (C=O) groups is 1. The van der Waals surface area contributed by atoms with Gasteiger partial charge < -0.3 is 10.1 Å². The molecule has 1 aliphatic rings. The fourth-order valence-electron chi connectivity index (χ4n) is 1.77. The summed E-state index contributed by atoms with van der Waals surface area (Å²) >= 11 is 4.31. The first-order valence-electron chi connectivity index (χ1n) is 6.17. The van der Waals surface area contributed by atoms with Crippen molar-refractivity contribution in [2.45, 2.75) is 26.7 Å². The van der Waals surface area contributed by atoms with Gasteiger partial charge in [-0.25, -0.2) is 0 Å². The van der Waals surface area contributed by atoms with E-state index in [0.717, 1.165) is 29.2 Å². The van der Waals surface area contributed by atoms with Gasteiger partial charge in [-0.1, -0.05) is 13.8 Å². The molecule has 0 saturated heterocycles. The summed E-state index contributed by atoms with van der Waals surface area (Å²) in [5.41, 5.74) is 2.12. The maximum absolute atomic E-state index is 11.3. The van der Waals surface area contributed by atoms with Gasteiger partial charge in [-0.15, -0.1) is 0 Å². The third kappa shape index (κ3) is 3.19. The van der Waals surface area contributed by atoms with Crippen LogP contribution in [0.25, 0.3) is 0 Å². The number of amides is 1. The average molecular weight is 265 g/mol. The molecule has 0 saturated carbocycles. The summed E-state index contributed by atoms with van der Waals surface area (Å²) in [4.78, 5) is 11.3. The van der Waals surface area contributed by atoms with E-state index in [2.05, 4.69) is 31.8 Å². The first-order valence-corrected chi connectivity index (χ1v) is 6.80. The zero-order chi connectivity index (χ0) is 13.2. The predicted molar refractivity (Wildman–Crippen MR) is 76.5 cm³/mol. The van der Waals surface area contributed by atoms with Gasteiger partial charge >= 0.3 is 0 Å². The van der Waals surface area contributed by atoms with E-state index in [-0.39, 0.29) is 11.3 Å². The number of fused-ring (bicyclic) bond motifs is 1. The second kappa shape index (κ2) is 5.22. The van der Waals surface area contributed by atoms with Gasteiger partial charge in [0.25, 0.3) is 0 Å². The van der Waals surface area contributed by atoms with E-state index in [1.165, 1.54) is 0 Å². The van der Waals surface area contributed by atoms with Gasteiger partial charge in [0.15, 0.2) is 0 Å². The summed E-state index contributed by atoms with van der Waals surface area (Å²) in [6.07, 6.45) is 1.34. The van der Waals surface area contributed by atoms with Crippen LogP contribution in [0, 0.1) is 5.41 Å². The molecule has 4 heteroatoms. The zero-order valence-electron chi connectivity index (χ0n) is 10.8. The molecule has 1 aliphatic heterocycles. The van der Waals surface area contributed by atoms with E-state index in [1.54, 1.807) is 0 Å². The zero-order valence-corrected chi connectivity index (χ0v) is 11.7. The van der Waals surface area contributed by atoms with E-state index < -0.39 is 0 Å². The van der Waals surface area contributed by atoms with Crippen LogP contribution in [-0.2, 0) is 11.2 Å². The first-order chi connectivity index (χ1) is 8.50. The molecule has 0 fully saturated rings. The SMILES string of the molecule is CC(C)(CS)COc1ccc2c(c1)CCC(=O)N2. The van der Waals surface area contributed by atoms with Crippen molar-refractivity contribution in [2.24, 2.45) is 5.41 Å². The third-order valence-corrected chi connectivity index (χ3v) is 3.89. The fourth-order valence-corrected chi connectivity index (χ4v) is 1.87. The van der Waals surface area contributed by atoms with Crippen LogP contribution >= 0.6 is 12.6 Å². The average Bonchev–Trinajstić information content (AvgIpc) is 2.36. The molecule has 18 heavy (non-hydrogen) atoms. The van der Waals surface area contributed by atoms with Crippen molar-refractivity contribution in [2.75, 3.05) is 17.7 Å². The molecule has 0 bridgehead atoms. The number of benzene rings is 1. The third-order valence-electron chi connectivity index (χ3n) is 3.03. The normalized spacial score (nSPS) is 14.9. The molecular formula is C14H19NO2S. The summed E-state index contributed by atoms with van der Waals surface area (Å²) < 4.78 is 5.79. The summed E-state index contributed by atoms with van der Waals surface area (Å²) in [5.74, 6) is 1.74. The Balaban J connectivity index is 2.05. The highest BCUT2D eigenvalue weighted by Crippen LogP contribution is 2.28. The molecule has 1 aromatic rings. The lowest BCUT2D eigenvalue weighted by Crippen LogP contribution is -2.23. The number of anilines is 1. The summed E-state index contributed by atoms with van der Waals surface area (Å²) in [7, 11) is 0. The number of aryl methyl sites for hydroxylation is 1. The van der Waals surface area contributed by atoms with Crippen LogP contribution in [0.1, 0.15) is 25.8 Å². The summed E-state index contributed by atoms with van der Waals surface area (Å²) in [6, 6.07) is 5.83. The van der Waals surface area contributed by atoms with Crippen LogP contribution in [0.3, 0.4) is 0 Å². The minimum atomic E-state index is 0.0627. The lowest BCUT2D eigenvalue weighted by Gasteiger charge is -2.23. The summed E-state index contributed by atoms with van der Waals surface area (Å²) in [5, 5.41) is 2.86. The first kappa shape index (κ1) is 13.3. The molecule has 1 heterocycles. The lowest BCUT2D eigenvalue weighted by molar-refractivity contribution is -0.116. The highest BCUT2D eigenvalue weighted by Gasteiger charge is 2.18. The molecule has 0 spiro atoms. The van der Waals surface area contributed by atoms with Crippen molar-refractivity contribution in [3.05, 3.63) is 23.8 Å². The minimum Gasteiger partial charge on any atom is -0.493 e. The second-order valence-corrected chi connectivity index (χ2v) is 5.79. The standard InChI is InChI=1S/C14H19NO2S/c1-14(2,9-18)8-17-11-4-5-12-10(7-11)3-6-13(16)15-12/h4-5,7,18H,3,6,8-9H2,1-2H3,(H,15,16). The Bertz CT molecular complexity index is 457. The minimum absolute atomic E-state index is 0.0627. The molecule has 3 nitrogen and oxygen atoms in total. The van der Waals surface area contributed by atoms with Gasteiger partial charge in [-0.3, -0.25) is 4.79 Å². The van der Waals surface area contributed by atoms with Crippen molar-refractivity contribution < 1.29 is 9.53 Å². The molecular weight excluding hydrogens is 246 g/mol. The Morgan fingerprint density at radius 2 is 2.17 bits per heavy atom. The van der Waals surface area contributed by atoms with Crippen LogP contribution in [0.5, 0.6) is 5.75 Å². The van der Waals surface area contributed by atoms with Crippen LogP contribution in [-0.4, -0.2) is 18.3 Å². The van der Waals surface area contributed by atoms with Crippen molar-refractivity contribution in [1.82, 2.24) is 0 Å². The van der Waals surface area contributed by atoms with Crippen LogP contribution in [0.15, 0.2) is 18.2 Å². The number of rotatable bonds is 4. The fraction of sp³-hybridized carbons (Fsp3) is 0.500. The van der Waals surface area contributed by atoms with Gasteiger partial charge in [-0.2, -0.15) is 12.6 Å². The monoisotopic (exact) mass is 265 g/mol. The molecule has 98 valence electrons. The van der Waals surface area contributed by atoms with Gasteiger partial charge in [0, 0.05) is 17.5 Å². The van der Waals surface area contributed by atoms with Crippen molar-refractivity contribution in [3.63, 3.8) is 0 Å². The van der Waals surface area contributed by atoms with Gasteiger partial charge in [0.1, 0.15) is 5.75 Å². The quantitative estimate of drug-likeness (QED) is 0.822. The van der Waals surface area contributed by atoms with E-state index in [9.17, 15) is 4.79 Å². The van der Waals surface area contributed by atoms with Gasteiger partial charge in [-0.05, 0) is 35.9 Å². The molecule has 0 aromatic heterocycles. The molecule has 2 rings (SSSR count). The van der Waals surface area contributed by atoms with E-state index in [0.29, 0.717) is 13.0 Å². The Morgan fingerprint density at radius 1 is 1.39 bits per heavy atom. The number of nitrogens with one attached hydrogen (secondary N) is 1. The van der Waals surface area contributed by atoms with Crippen LogP contribution in [0.2, 0.25) is 0 Å². The Morgan fingerprint density at radius 3 is 2.89 bits per heavy atom. The van der Waals surface area contributed by atoms with Crippen molar-refractivity contribution in [3.8, 4) is 5.75 Å². The van der Waals surface area contributed by atoms with Gasteiger partial charge in [0.2, 0.25) is 5.91 Å². The number of carbonyl (C=O) groups excluding carboxylic acids is 1. The van der Waals surface area contributed by atoms with Gasteiger partial charge in [0.05, 0.1) is 6.61 Å². The molecule has 0 unspecified atom stereocenters. The van der Waals surface area contributed by atoms with E-state index >= 15 is 0 Å².